The van der Waals surface area contributed by atoms with Crippen LogP contribution in [0, 0.1) is 11.3 Å². The number of rotatable bonds is 3. The molecule has 0 aliphatic carbocycles. The van der Waals surface area contributed by atoms with Crippen molar-refractivity contribution in [1.29, 1.82) is 5.26 Å². The van der Waals surface area contributed by atoms with E-state index >= 15 is 0 Å². The van der Waals surface area contributed by atoms with Gasteiger partial charge < -0.3 is 0 Å². The average molecular weight is 237 g/mol. The summed E-state index contributed by atoms with van der Waals surface area (Å²) in [5.74, 6) is 0. The molecule has 5 nitrogen and oxygen atoms in total. The maximum absolute atomic E-state index is 10.9. The van der Waals surface area contributed by atoms with Crippen LogP contribution < -0.4 is 9.86 Å². The second-order valence-corrected chi connectivity index (χ2v) is 4.32. The summed E-state index contributed by atoms with van der Waals surface area (Å²) in [5.41, 5.74) is 1.06. The summed E-state index contributed by atoms with van der Waals surface area (Å²) < 4.78 is 23.8. The summed E-state index contributed by atoms with van der Waals surface area (Å²) in [5, 5.41) is 13.8. The number of allylic oxidation sites excluding steroid dienone is 1. The van der Waals surface area contributed by atoms with Gasteiger partial charge in [0.1, 0.15) is 6.07 Å². The molecule has 1 aromatic carbocycles. The molecule has 0 saturated carbocycles. The van der Waals surface area contributed by atoms with Crippen LogP contribution in [0.2, 0.25) is 0 Å². The average Bonchev–Trinajstić information content (AvgIpc) is 2.16. The minimum atomic E-state index is -3.87. The molecular formula is C10H11N3O2S. The summed E-state index contributed by atoms with van der Waals surface area (Å²) in [6, 6.07) is 6.78. The molecule has 0 saturated heterocycles. The standard InChI is InChI=1S/C10H11N3O2S/c1-2-4-8-5-3-6-10(9(8)7-11)13-16(12,14)15/h2-6,13H,1H3,(H2,12,14,15)/b4-2+. The fraction of sp³-hybridized carbons (Fsp3) is 0.100. The van der Waals surface area contributed by atoms with Crippen LogP contribution in [0.4, 0.5) is 5.69 Å². The van der Waals surface area contributed by atoms with Gasteiger partial charge in [-0.1, -0.05) is 24.3 Å². The molecular weight excluding hydrogens is 226 g/mol. The first-order valence-electron chi connectivity index (χ1n) is 4.44. The molecule has 1 aromatic rings. The second-order valence-electron chi connectivity index (χ2n) is 3.03. The molecule has 0 unspecified atom stereocenters. The highest BCUT2D eigenvalue weighted by Crippen LogP contribution is 2.20. The molecule has 1 rings (SSSR count). The van der Waals surface area contributed by atoms with Crippen molar-refractivity contribution in [3.63, 3.8) is 0 Å². The predicted octanol–water partition coefficient (Wildman–Crippen LogP) is 1.21. The molecule has 0 atom stereocenters. The number of nitrogens with one attached hydrogen (secondary N) is 1. The lowest BCUT2D eigenvalue weighted by Crippen LogP contribution is -2.22. The van der Waals surface area contributed by atoms with Crippen LogP contribution in [-0.2, 0) is 10.2 Å². The molecule has 0 aliphatic heterocycles. The highest BCUT2D eigenvalue weighted by molar-refractivity contribution is 7.90. The summed E-state index contributed by atoms with van der Waals surface area (Å²) in [7, 11) is -3.87. The highest BCUT2D eigenvalue weighted by Gasteiger charge is 2.09. The molecule has 0 spiro atoms. The number of anilines is 1. The normalized spacial score (nSPS) is 11.3. The van der Waals surface area contributed by atoms with Crippen molar-refractivity contribution in [2.75, 3.05) is 4.72 Å². The third-order valence-corrected chi connectivity index (χ3v) is 2.31. The zero-order valence-corrected chi connectivity index (χ0v) is 9.45. The largest absolute Gasteiger partial charge is 0.296 e. The van der Waals surface area contributed by atoms with Crippen molar-refractivity contribution >= 4 is 22.0 Å². The SMILES string of the molecule is C/C=C/c1cccc(NS(N)(=O)=O)c1C#N. The quantitative estimate of drug-likeness (QED) is 0.826. The van der Waals surface area contributed by atoms with Crippen LogP contribution in [0.3, 0.4) is 0 Å². The summed E-state index contributed by atoms with van der Waals surface area (Å²) in [6.07, 6.45) is 3.48. The maximum atomic E-state index is 10.9. The van der Waals surface area contributed by atoms with Gasteiger partial charge in [-0.2, -0.15) is 13.7 Å². The van der Waals surface area contributed by atoms with Gasteiger partial charge in [-0.25, -0.2) is 5.14 Å². The molecule has 16 heavy (non-hydrogen) atoms. The van der Waals surface area contributed by atoms with Gasteiger partial charge in [0, 0.05) is 0 Å². The van der Waals surface area contributed by atoms with Crippen molar-refractivity contribution in [2.45, 2.75) is 6.92 Å². The maximum Gasteiger partial charge on any atom is 0.296 e. The van der Waals surface area contributed by atoms with Crippen LogP contribution in [-0.4, -0.2) is 8.42 Å². The molecule has 0 aliphatic rings. The van der Waals surface area contributed by atoms with Crippen molar-refractivity contribution in [1.82, 2.24) is 0 Å². The van der Waals surface area contributed by atoms with Gasteiger partial charge in [0.25, 0.3) is 10.2 Å². The molecule has 6 heteroatoms. The Kier molecular flexibility index (Phi) is 3.66. The van der Waals surface area contributed by atoms with E-state index < -0.39 is 10.2 Å². The molecule has 84 valence electrons. The van der Waals surface area contributed by atoms with Gasteiger partial charge in [-0.05, 0) is 18.6 Å². The van der Waals surface area contributed by atoms with Crippen LogP contribution in [0.1, 0.15) is 18.1 Å². The van der Waals surface area contributed by atoms with E-state index in [1.165, 1.54) is 6.07 Å². The van der Waals surface area contributed by atoms with Crippen molar-refractivity contribution in [3.05, 3.63) is 35.4 Å². The topological polar surface area (TPSA) is 96.0 Å². The highest BCUT2D eigenvalue weighted by atomic mass is 32.2. The number of hydrogen-bond donors (Lipinski definition) is 2. The number of nitrogens with zero attached hydrogens (tertiary/aromatic N) is 1. The van der Waals surface area contributed by atoms with E-state index in [-0.39, 0.29) is 11.3 Å². The Morgan fingerprint density at radius 1 is 1.50 bits per heavy atom. The fourth-order valence-corrected chi connectivity index (χ4v) is 1.73. The Hall–Kier alpha value is -1.84. The third-order valence-electron chi connectivity index (χ3n) is 1.81. The number of nitriles is 1. The van der Waals surface area contributed by atoms with E-state index in [9.17, 15) is 8.42 Å². The molecule has 0 amide bonds. The molecule has 0 aromatic heterocycles. The Morgan fingerprint density at radius 2 is 2.19 bits per heavy atom. The van der Waals surface area contributed by atoms with Crippen molar-refractivity contribution < 1.29 is 8.42 Å². The van der Waals surface area contributed by atoms with Crippen molar-refractivity contribution in [3.8, 4) is 6.07 Å². The zero-order valence-electron chi connectivity index (χ0n) is 8.64. The molecule has 0 fully saturated rings. The minimum absolute atomic E-state index is 0.181. The predicted molar refractivity (Wildman–Crippen MR) is 62.6 cm³/mol. The Balaban J connectivity index is 3.31. The summed E-state index contributed by atoms with van der Waals surface area (Å²) >= 11 is 0. The van der Waals surface area contributed by atoms with Crippen molar-refractivity contribution in [2.24, 2.45) is 5.14 Å². The minimum Gasteiger partial charge on any atom is -0.270 e. The monoisotopic (exact) mass is 237 g/mol. The lowest BCUT2D eigenvalue weighted by Gasteiger charge is -2.07. The Morgan fingerprint density at radius 3 is 2.69 bits per heavy atom. The lowest BCUT2D eigenvalue weighted by atomic mass is 10.1. The smallest absolute Gasteiger partial charge is 0.270 e. The van der Waals surface area contributed by atoms with Crippen LogP contribution >= 0.6 is 0 Å². The lowest BCUT2D eigenvalue weighted by molar-refractivity contribution is 0.603. The summed E-state index contributed by atoms with van der Waals surface area (Å²) in [6.45, 7) is 1.81. The number of nitrogens with two attached hydrogens (primary N) is 1. The first-order chi connectivity index (χ1) is 7.48. The van der Waals surface area contributed by atoms with Gasteiger partial charge in [0.15, 0.2) is 0 Å². The fourth-order valence-electron chi connectivity index (χ4n) is 1.25. The van der Waals surface area contributed by atoms with Crippen LogP contribution in [0.15, 0.2) is 24.3 Å². The van der Waals surface area contributed by atoms with E-state index in [1.807, 2.05) is 6.07 Å². The van der Waals surface area contributed by atoms with Gasteiger partial charge in [-0.15, -0.1) is 0 Å². The first kappa shape index (κ1) is 12.2. The number of benzene rings is 1. The molecule has 0 bridgehead atoms. The van der Waals surface area contributed by atoms with Gasteiger partial charge >= 0.3 is 0 Å². The van der Waals surface area contributed by atoms with Gasteiger partial charge in [0.05, 0.1) is 11.3 Å². The van der Waals surface area contributed by atoms with E-state index in [2.05, 4.69) is 4.72 Å². The zero-order chi connectivity index (χ0) is 12.2. The van der Waals surface area contributed by atoms with Crippen LogP contribution in [0.25, 0.3) is 6.08 Å². The third kappa shape index (κ3) is 3.08. The molecule has 3 N–H and O–H groups in total. The van der Waals surface area contributed by atoms with Gasteiger partial charge in [-0.3, -0.25) is 4.72 Å². The van der Waals surface area contributed by atoms with E-state index in [1.54, 1.807) is 31.2 Å². The van der Waals surface area contributed by atoms with Crippen LogP contribution in [0.5, 0.6) is 0 Å². The Labute approximate surface area is 94.4 Å². The van der Waals surface area contributed by atoms with Gasteiger partial charge in [0.2, 0.25) is 0 Å². The second kappa shape index (κ2) is 4.79. The van der Waals surface area contributed by atoms with E-state index in [0.717, 1.165) is 0 Å². The first-order valence-corrected chi connectivity index (χ1v) is 5.99. The molecule has 0 heterocycles. The van der Waals surface area contributed by atoms with E-state index in [4.69, 9.17) is 10.4 Å². The van der Waals surface area contributed by atoms with E-state index in [0.29, 0.717) is 5.56 Å². The number of hydrogen-bond acceptors (Lipinski definition) is 3. The molecule has 0 radical (unpaired) electrons. The Bertz CT molecular complexity index is 556. The summed E-state index contributed by atoms with van der Waals surface area (Å²) in [4.78, 5) is 0.